The van der Waals surface area contributed by atoms with Crippen molar-refractivity contribution >= 4 is 50.5 Å². The first-order valence-electron chi connectivity index (χ1n) is 4.80. The van der Waals surface area contributed by atoms with Gasteiger partial charge in [-0.1, -0.05) is 11.6 Å². The van der Waals surface area contributed by atoms with Crippen LogP contribution in [0.5, 0.6) is 0 Å². The van der Waals surface area contributed by atoms with Gasteiger partial charge in [-0.25, -0.2) is 4.98 Å². The van der Waals surface area contributed by atoms with Gasteiger partial charge in [-0.15, -0.1) is 11.3 Å². The van der Waals surface area contributed by atoms with E-state index < -0.39 is 0 Å². The fourth-order valence-corrected chi connectivity index (χ4v) is 2.93. The van der Waals surface area contributed by atoms with E-state index in [0.29, 0.717) is 17.3 Å². The highest BCUT2D eigenvalue weighted by atomic mass is 79.9. The van der Waals surface area contributed by atoms with Crippen molar-refractivity contribution in [3.05, 3.63) is 44.3 Å². The first-order chi connectivity index (χ1) is 8.15. The van der Waals surface area contributed by atoms with Crippen molar-refractivity contribution < 1.29 is 4.79 Å². The number of nitrogens with one attached hydrogen (secondary N) is 1. The van der Waals surface area contributed by atoms with Crippen molar-refractivity contribution in [2.45, 2.75) is 6.42 Å². The third-order valence-electron chi connectivity index (χ3n) is 2.00. The summed E-state index contributed by atoms with van der Waals surface area (Å²) in [5.41, 5.74) is 0.537. The van der Waals surface area contributed by atoms with Crippen molar-refractivity contribution in [1.29, 1.82) is 0 Å². The zero-order valence-electron chi connectivity index (χ0n) is 8.61. The minimum atomic E-state index is -0.103. The van der Waals surface area contributed by atoms with Crippen LogP contribution in [0.15, 0.2) is 34.2 Å². The van der Waals surface area contributed by atoms with Gasteiger partial charge < -0.3 is 5.32 Å². The average molecular weight is 332 g/mol. The number of halogens is 2. The molecular weight excluding hydrogens is 324 g/mol. The molecule has 0 atom stereocenters. The van der Waals surface area contributed by atoms with Crippen LogP contribution in [0.3, 0.4) is 0 Å². The molecule has 2 aromatic heterocycles. The predicted octanol–water partition coefficient (Wildman–Crippen LogP) is 3.74. The molecule has 17 heavy (non-hydrogen) atoms. The number of amides is 1. The number of hydrogen-bond acceptors (Lipinski definition) is 3. The number of anilines is 1. The number of aromatic nitrogens is 1. The first kappa shape index (κ1) is 12.5. The van der Waals surface area contributed by atoms with Gasteiger partial charge in [-0.2, -0.15) is 0 Å². The maximum absolute atomic E-state index is 11.7. The van der Waals surface area contributed by atoms with Gasteiger partial charge in [0.15, 0.2) is 5.15 Å². The first-order valence-corrected chi connectivity index (χ1v) is 6.78. The Morgan fingerprint density at radius 2 is 2.29 bits per heavy atom. The summed E-state index contributed by atoms with van der Waals surface area (Å²) in [6.45, 7) is 0. The highest BCUT2D eigenvalue weighted by Gasteiger charge is 2.08. The van der Waals surface area contributed by atoms with Crippen molar-refractivity contribution in [3.63, 3.8) is 0 Å². The summed E-state index contributed by atoms with van der Waals surface area (Å²) in [5.74, 6) is -0.103. The Balaban J connectivity index is 2.01. The highest BCUT2D eigenvalue weighted by molar-refractivity contribution is 9.11. The van der Waals surface area contributed by atoms with Crippen molar-refractivity contribution in [2.24, 2.45) is 0 Å². The third kappa shape index (κ3) is 3.52. The maximum Gasteiger partial charge on any atom is 0.229 e. The molecule has 2 rings (SSSR count). The lowest BCUT2D eigenvalue weighted by molar-refractivity contribution is -0.115. The monoisotopic (exact) mass is 330 g/mol. The molecule has 0 unspecified atom stereocenters. The molecule has 0 saturated heterocycles. The van der Waals surface area contributed by atoms with Crippen molar-refractivity contribution in [2.75, 3.05) is 5.32 Å². The largest absolute Gasteiger partial charge is 0.323 e. The Hall–Kier alpha value is -0.910. The Kier molecular flexibility index (Phi) is 4.15. The molecule has 1 N–H and O–H groups in total. The second-order valence-electron chi connectivity index (χ2n) is 3.27. The second-order valence-corrected chi connectivity index (χ2v) is 6.18. The Morgan fingerprint density at radius 3 is 2.94 bits per heavy atom. The van der Waals surface area contributed by atoms with Gasteiger partial charge in [0.1, 0.15) is 0 Å². The fraction of sp³-hybridized carbons (Fsp3) is 0.0909. The smallest absolute Gasteiger partial charge is 0.229 e. The number of carbonyl (C=O) groups is 1. The van der Waals surface area contributed by atoms with Crippen LogP contribution in [0.25, 0.3) is 0 Å². The zero-order chi connectivity index (χ0) is 12.3. The van der Waals surface area contributed by atoms with Crippen LogP contribution in [0.4, 0.5) is 5.69 Å². The van der Waals surface area contributed by atoms with Gasteiger partial charge in [0.05, 0.1) is 15.9 Å². The van der Waals surface area contributed by atoms with Crippen LogP contribution in [0.1, 0.15) is 4.88 Å². The molecule has 6 heteroatoms. The van der Waals surface area contributed by atoms with Crippen molar-refractivity contribution in [3.8, 4) is 0 Å². The van der Waals surface area contributed by atoms with Crippen LogP contribution in [-0.4, -0.2) is 10.9 Å². The maximum atomic E-state index is 11.7. The molecule has 0 saturated carbocycles. The standard InChI is InChI=1S/C11H8BrClN2OS/c12-9-4-3-7(17-9)6-10(16)15-8-2-1-5-14-11(8)13/h1-5H,6H2,(H,15,16). The Labute approximate surface area is 116 Å². The van der Waals surface area contributed by atoms with Crippen LogP contribution < -0.4 is 5.32 Å². The molecule has 0 aliphatic heterocycles. The van der Waals surface area contributed by atoms with E-state index in [4.69, 9.17) is 11.6 Å². The fourth-order valence-electron chi connectivity index (χ4n) is 1.28. The molecule has 0 bridgehead atoms. The normalized spacial score (nSPS) is 10.2. The summed E-state index contributed by atoms with van der Waals surface area (Å²) in [4.78, 5) is 16.6. The SMILES string of the molecule is O=C(Cc1ccc(Br)s1)Nc1cccnc1Cl. The average Bonchev–Trinajstić information content (AvgIpc) is 2.67. The van der Waals surface area contributed by atoms with Crippen molar-refractivity contribution in [1.82, 2.24) is 4.98 Å². The van der Waals surface area contributed by atoms with Gasteiger partial charge >= 0.3 is 0 Å². The van der Waals surface area contributed by atoms with E-state index in [1.807, 2.05) is 12.1 Å². The topological polar surface area (TPSA) is 42.0 Å². The lowest BCUT2D eigenvalue weighted by Crippen LogP contribution is -2.14. The van der Waals surface area contributed by atoms with Gasteiger partial charge in [-0.3, -0.25) is 4.79 Å². The molecule has 0 fully saturated rings. The van der Waals surface area contributed by atoms with Gasteiger partial charge in [0.2, 0.25) is 5.91 Å². The van der Waals surface area contributed by atoms with Crippen LogP contribution in [-0.2, 0) is 11.2 Å². The molecule has 1 amide bonds. The van der Waals surface area contributed by atoms with Crippen LogP contribution in [0.2, 0.25) is 5.15 Å². The predicted molar refractivity (Wildman–Crippen MR) is 73.6 cm³/mol. The molecule has 88 valence electrons. The summed E-state index contributed by atoms with van der Waals surface area (Å²) >= 11 is 10.7. The van der Waals surface area contributed by atoms with Gasteiger partial charge in [0, 0.05) is 11.1 Å². The molecule has 0 spiro atoms. The Morgan fingerprint density at radius 1 is 1.47 bits per heavy atom. The summed E-state index contributed by atoms with van der Waals surface area (Å²) in [6, 6.07) is 7.28. The van der Waals surface area contributed by atoms with E-state index in [2.05, 4.69) is 26.2 Å². The summed E-state index contributed by atoms with van der Waals surface area (Å²) in [5, 5.41) is 3.03. The number of rotatable bonds is 3. The minimum Gasteiger partial charge on any atom is -0.323 e. The van der Waals surface area contributed by atoms with E-state index in [-0.39, 0.29) is 5.91 Å². The van der Waals surface area contributed by atoms with E-state index in [1.54, 1.807) is 18.3 Å². The molecule has 0 aliphatic rings. The number of nitrogens with zero attached hydrogens (tertiary/aromatic N) is 1. The summed E-state index contributed by atoms with van der Waals surface area (Å²) in [6.07, 6.45) is 1.91. The van der Waals surface area contributed by atoms with E-state index >= 15 is 0 Å². The Bertz CT molecular complexity index is 544. The molecule has 2 aromatic rings. The van der Waals surface area contributed by atoms with Gasteiger partial charge in [0.25, 0.3) is 0 Å². The van der Waals surface area contributed by atoms with Crippen LogP contribution in [0, 0.1) is 0 Å². The minimum absolute atomic E-state index is 0.103. The number of carbonyl (C=O) groups excluding carboxylic acids is 1. The molecular formula is C11H8BrClN2OS. The molecule has 0 radical (unpaired) electrons. The molecule has 0 aliphatic carbocycles. The quantitative estimate of drug-likeness (QED) is 0.871. The lowest BCUT2D eigenvalue weighted by Gasteiger charge is -2.04. The lowest BCUT2D eigenvalue weighted by atomic mass is 10.3. The number of pyridine rings is 1. The molecule has 0 aromatic carbocycles. The summed E-state index contributed by atoms with van der Waals surface area (Å²) in [7, 11) is 0. The number of hydrogen-bond donors (Lipinski definition) is 1. The highest BCUT2D eigenvalue weighted by Crippen LogP contribution is 2.23. The van der Waals surface area contributed by atoms with E-state index in [1.165, 1.54) is 11.3 Å². The van der Waals surface area contributed by atoms with Crippen LogP contribution >= 0.6 is 38.9 Å². The van der Waals surface area contributed by atoms with E-state index in [0.717, 1.165) is 8.66 Å². The molecule has 2 heterocycles. The third-order valence-corrected chi connectivity index (χ3v) is 3.92. The number of thiophene rings is 1. The van der Waals surface area contributed by atoms with Gasteiger partial charge in [-0.05, 0) is 40.2 Å². The zero-order valence-corrected chi connectivity index (χ0v) is 11.8. The summed E-state index contributed by atoms with van der Waals surface area (Å²) < 4.78 is 1.01. The molecule has 3 nitrogen and oxygen atoms in total. The second kappa shape index (κ2) is 5.62. The van der Waals surface area contributed by atoms with E-state index in [9.17, 15) is 4.79 Å².